The number of hydrogen-bond donors (Lipinski definition) is 1. The van der Waals surface area contributed by atoms with E-state index in [4.69, 9.17) is 4.74 Å². The molecule has 2 aromatic rings. The first-order valence-electron chi connectivity index (χ1n) is 6.36. The average molecular weight is 390 g/mol. The lowest BCUT2D eigenvalue weighted by Gasteiger charge is -2.14. The van der Waals surface area contributed by atoms with Crippen molar-refractivity contribution in [2.45, 2.75) is 6.36 Å². The Kier molecular flexibility index (Phi) is 5.49. The van der Waals surface area contributed by atoms with Gasteiger partial charge >= 0.3 is 6.36 Å². The van der Waals surface area contributed by atoms with E-state index in [9.17, 15) is 18.0 Å². The molecule has 0 radical (unpaired) electrons. The van der Waals surface area contributed by atoms with Gasteiger partial charge in [0.2, 0.25) is 0 Å². The van der Waals surface area contributed by atoms with Crippen molar-refractivity contribution in [3.63, 3.8) is 0 Å². The van der Waals surface area contributed by atoms with Crippen molar-refractivity contribution in [1.82, 2.24) is 0 Å². The summed E-state index contributed by atoms with van der Waals surface area (Å²) in [6.45, 7) is -0.350. The smallest absolute Gasteiger partial charge is 0.484 e. The predicted octanol–water partition coefficient (Wildman–Crippen LogP) is 4.37. The van der Waals surface area contributed by atoms with Crippen LogP contribution < -0.4 is 14.8 Å². The van der Waals surface area contributed by atoms with E-state index in [1.165, 1.54) is 18.2 Å². The second-order valence-corrected chi connectivity index (χ2v) is 5.25. The first kappa shape index (κ1) is 17.1. The Morgan fingerprint density at radius 3 is 2.57 bits per heavy atom. The first-order valence-corrected chi connectivity index (χ1v) is 7.16. The summed E-state index contributed by atoms with van der Waals surface area (Å²) in [6.07, 6.45) is -4.84. The molecule has 23 heavy (non-hydrogen) atoms. The molecular weight excluding hydrogens is 379 g/mol. The third-order valence-corrected chi connectivity index (χ3v) is 3.05. The van der Waals surface area contributed by atoms with Gasteiger partial charge < -0.3 is 14.8 Å². The minimum absolute atomic E-state index is 0.0901. The van der Waals surface area contributed by atoms with Crippen LogP contribution in [0.5, 0.6) is 11.5 Å². The molecular formula is C15H11BrF3NO3. The zero-order valence-corrected chi connectivity index (χ0v) is 13.1. The van der Waals surface area contributed by atoms with Gasteiger partial charge in [0.15, 0.2) is 12.4 Å². The fraction of sp³-hybridized carbons (Fsp3) is 0.133. The number of benzene rings is 2. The number of ether oxygens (including phenoxy) is 2. The standard InChI is InChI=1S/C15H11BrF3NO3/c16-10-4-3-5-11(8-10)22-9-14(21)20-12-6-1-2-7-13(12)23-15(17,18)19/h1-8H,9H2,(H,20,21). The molecule has 0 heterocycles. The van der Waals surface area contributed by atoms with Crippen LogP contribution in [0.3, 0.4) is 0 Å². The Labute approximate surface area is 138 Å². The monoisotopic (exact) mass is 389 g/mol. The number of halogens is 4. The highest BCUT2D eigenvalue weighted by Gasteiger charge is 2.32. The molecule has 4 nitrogen and oxygen atoms in total. The average Bonchev–Trinajstić information content (AvgIpc) is 2.46. The molecule has 1 N–H and O–H groups in total. The highest BCUT2D eigenvalue weighted by atomic mass is 79.9. The number of para-hydroxylation sites is 2. The van der Waals surface area contributed by atoms with Crippen LogP contribution in [0.1, 0.15) is 0 Å². The normalized spacial score (nSPS) is 11.0. The summed E-state index contributed by atoms with van der Waals surface area (Å²) in [5, 5.41) is 2.32. The SMILES string of the molecule is O=C(COc1cccc(Br)c1)Nc1ccccc1OC(F)(F)F. The zero-order valence-electron chi connectivity index (χ0n) is 11.6. The maximum Gasteiger partial charge on any atom is 0.573 e. The second kappa shape index (κ2) is 7.36. The number of carbonyl (C=O) groups is 1. The maximum atomic E-state index is 12.3. The number of anilines is 1. The quantitative estimate of drug-likeness (QED) is 0.825. The number of alkyl halides is 3. The lowest BCUT2D eigenvalue weighted by atomic mass is 10.3. The molecule has 2 rings (SSSR count). The van der Waals surface area contributed by atoms with Gasteiger partial charge in [0.05, 0.1) is 5.69 Å². The fourth-order valence-electron chi connectivity index (χ4n) is 1.68. The molecule has 0 spiro atoms. The molecule has 122 valence electrons. The summed E-state index contributed by atoms with van der Waals surface area (Å²) in [6, 6.07) is 12.1. The van der Waals surface area contributed by atoms with Crippen molar-refractivity contribution in [3.05, 3.63) is 53.0 Å². The summed E-state index contributed by atoms with van der Waals surface area (Å²) in [7, 11) is 0. The van der Waals surface area contributed by atoms with E-state index in [0.717, 1.165) is 10.5 Å². The molecule has 0 aliphatic rings. The summed E-state index contributed by atoms with van der Waals surface area (Å²) in [5.74, 6) is -0.645. The highest BCUT2D eigenvalue weighted by molar-refractivity contribution is 9.10. The van der Waals surface area contributed by atoms with Crippen LogP contribution >= 0.6 is 15.9 Å². The van der Waals surface area contributed by atoms with Gasteiger partial charge in [-0.05, 0) is 30.3 Å². The zero-order chi connectivity index (χ0) is 16.9. The predicted molar refractivity (Wildman–Crippen MR) is 81.4 cm³/mol. The lowest BCUT2D eigenvalue weighted by molar-refractivity contribution is -0.274. The minimum Gasteiger partial charge on any atom is -0.484 e. The Bertz CT molecular complexity index is 692. The third-order valence-electron chi connectivity index (χ3n) is 2.55. The number of nitrogens with one attached hydrogen (secondary N) is 1. The molecule has 1 amide bonds. The molecule has 0 bridgehead atoms. The van der Waals surface area contributed by atoms with Gasteiger partial charge in [-0.15, -0.1) is 13.2 Å². The van der Waals surface area contributed by atoms with Gasteiger partial charge in [0, 0.05) is 4.47 Å². The van der Waals surface area contributed by atoms with Crippen LogP contribution in [0.2, 0.25) is 0 Å². The van der Waals surface area contributed by atoms with E-state index in [0.29, 0.717) is 5.75 Å². The molecule has 0 saturated heterocycles. The molecule has 0 aliphatic carbocycles. The Morgan fingerprint density at radius 1 is 1.13 bits per heavy atom. The van der Waals surface area contributed by atoms with Crippen molar-refractivity contribution in [1.29, 1.82) is 0 Å². The van der Waals surface area contributed by atoms with Crippen molar-refractivity contribution in [2.75, 3.05) is 11.9 Å². The molecule has 0 saturated carbocycles. The molecule has 0 fully saturated rings. The summed E-state index contributed by atoms with van der Waals surface area (Å²) >= 11 is 3.26. The van der Waals surface area contributed by atoms with Gasteiger partial charge in [0.1, 0.15) is 5.75 Å². The van der Waals surface area contributed by atoms with Crippen LogP contribution in [0.15, 0.2) is 53.0 Å². The molecule has 0 atom stereocenters. The van der Waals surface area contributed by atoms with Crippen LogP contribution in [0, 0.1) is 0 Å². The summed E-state index contributed by atoms with van der Waals surface area (Å²) in [4.78, 5) is 11.8. The number of hydrogen-bond acceptors (Lipinski definition) is 3. The van der Waals surface area contributed by atoms with Gasteiger partial charge in [-0.25, -0.2) is 0 Å². The number of carbonyl (C=O) groups excluding carboxylic acids is 1. The highest BCUT2D eigenvalue weighted by Crippen LogP contribution is 2.29. The summed E-state index contributed by atoms with van der Waals surface area (Å²) in [5.41, 5.74) is -0.0901. The van der Waals surface area contributed by atoms with Crippen LogP contribution in [0.4, 0.5) is 18.9 Å². The van der Waals surface area contributed by atoms with Crippen molar-refractivity contribution in [2.24, 2.45) is 0 Å². The lowest BCUT2D eigenvalue weighted by Crippen LogP contribution is -2.22. The molecule has 0 unspecified atom stereocenters. The fourth-order valence-corrected chi connectivity index (χ4v) is 2.05. The summed E-state index contributed by atoms with van der Waals surface area (Å²) < 4.78 is 46.8. The molecule has 0 aromatic heterocycles. The molecule has 2 aromatic carbocycles. The number of rotatable bonds is 5. The maximum absolute atomic E-state index is 12.3. The molecule has 8 heteroatoms. The Morgan fingerprint density at radius 2 is 1.87 bits per heavy atom. The second-order valence-electron chi connectivity index (χ2n) is 4.34. The van der Waals surface area contributed by atoms with Crippen molar-refractivity contribution >= 4 is 27.5 Å². The van der Waals surface area contributed by atoms with E-state index in [1.54, 1.807) is 24.3 Å². The Hall–Kier alpha value is -2.22. The first-order chi connectivity index (χ1) is 10.8. The van der Waals surface area contributed by atoms with Crippen molar-refractivity contribution < 1.29 is 27.4 Å². The van der Waals surface area contributed by atoms with Gasteiger partial charge in [-0.3, -0.25) is 4.79 Å². The Balaban J connectivity index is 1.98. The third kappa shape index (κ3) is 5.82. The number of amides is 1. The largest absolute Gasteiger partial charge is 0.573 e. The van der Waals surface area contributed by atoms with E-state index in [2.05, 4.69) is 26.0 Å². The van der Waals surface area contributed by atoms with Crippen molar-refractivity contribution in [3.8, 4) is 11.5 Å². The van der Waals surface area contributed by atoms with Crippen LogP contribution in [-0.2, 0) is 4.79 Å². The van der Waals surface area contributed by atoms with E-state index in [1.807, 2.05) is 0 Å². The topological polar surface area (TPSA) is 47.6 Å². The van der Waals surface area contributed by atoms with Gasteiger partial charge in [-0.1, -0.05) is 34.1 Å². The van der Waals surface area contributed by atoms with E-state index >= 15 is 0 Å². The van der Waals surface area contributed by atoms with E-state index in [-0.39, 0.29) is 12.3 Å². The molecule has 0 aliphatic heterocycles. The van der Waals surface area contributed by atoms with Gasteiger partial charge in [-0.2, -0.15) is 0 Å². The van der Waals surface area contributed by atoms with Crippen LogP contribution in [-0.4, -0.2) is 18.9 Å². The van der Waals surface area contributed by atoms with Crippen LogP contribution in [0.25, 0.3) is 0 Å². The van der Waals surface area contributed by atoms with Gasteiger partial charge in [0.25, 0.3) is 5.91 Å². The van der Waals surface area contributed by atoms with E-state index < -0.39 is 18.0 Å². The minimum atomic E-state index is -4.84.